The number of H-pyrrole nitrogens is 1. The van der Waals surface area contributed by atoms with Crippen molar-refractivity contribution >= 4 is 5.91 Å². The van der Waals surface area contributed by atoms with Crippen LogP contribution in [0.1, 0.15) is 22.4 Å². The molecule has 0 spiro atoms. The summed E-state index contributed by atoms with van der Waals surface area (Å²) < 4.78 is 5.26. The van der Waals surface area contributed by atoms with Gasteiger partial charge < -0.3 is 10.1 Å². The van der Waals surface area contributed by atoms with Crippen molar-refractivity contribution in [2.75, 3.05) is 7.11 Å². The molecule has 1 heterocycles. The molecule has 0 unspecified atom stereocenters. The summed E-state index contributed by atoms with van der Waals surface area (Å²) in [5, 5.41) is 9.66. The van der Waals surface area contributed by atoms with Crippen LogP contribution in [-0.4, -0.2) is 23.2 Å². The average molecular weight is 273 g/mol. The van der Waals surface area contributed by atoms with Gasteiger partial charge in [-0.15, -0.1) is 0 Å². The zero-order valence-corrected chi connectivity index (χ0v) is 12.0. The maximum absolute atomic E-state index is 11.9. The van der Waals surface area contributed by atoms with Crippen LogP contribution in [-0.2, 0) is 17.8 Å². The third-order valence-electron chi connectivity index (χ3n) is 3.25. The molecule has 0 aliphatic heterocycles. The fraction of sp³-hybridized carbons (Fsp3) is 0.333. The van der Waals surface area contributed by atoms with Gasteiger partial charge in [-0.25, -0.2) is 0 Å². The van der Waals surface area contributed by atoms with Crippen LogP contribution in [0.15, 0.2) is 24.4 Å². The number of aromatic amines is 1. The molecule has 1 amide bonds. The van der Waals surface area contributed by atoms with Gasteiger partial charge in [-0.2, -0.15) is 5.10 Å². The number of carbonyl (C=O) groups is 1. The lowest BCUT2D eigenvalue weighted by molar-refractivity contribution is -0.120. The Morgan fingerprint density at radius 2 is 2.20 bits per heavy atom. The Morgan fingerprint density at radius 3 is 2.85 bits per heavy atom. The van der Waals surface area contributed by atoms with E-state index in [-0.39, 0.29) is 5.91 Å². The van der Waals surface area contributed by atoms with E-state index in [1.807, 2.05) is 32.0 Å². The van der Waals surface area contributed by atoms with E-state index in [1.165, 1.54) is 0 Å². The van der Waals surface area contributed by atoms with E-state index in [9.17, 15) is 4.79 Å². The number of amides is 1. The van der Waals surface area contributed by atoms with E-state index in [0.717, 1.165) is 28.1 Å². The first-order valence-electron chi connectivity index (χ1n) is 6.49. The first-order valence-corrected chi connectivity index (χ1v) is 6.49. The summed E-state index contributed by atoms with van der Waals surface area (Å²) in [6.07, 6.45) is 2.07. The number of ether oxygens (including phenoxy) is 1. The Labute approximate surface area is 118 Å². The van der Waals surface area contributed by atoms with Crippen LogP contribution in [0, 0.1) is 13.8 Å². The summed E-state index contributed by atoms with van der Waals surface area (Å²) in [4.78, 5) is 11.9. The number of nitrogens with zero attached hydrogens (tertiary/aromatic N) is 1. The SMILES string of the molecule is COc1cc(CC(=O)NCc2cn[nH]c2C)ccc1C. The third-order valence-corrected chi connectivity index (χ3v) is 3.25. The lowest BCUT2D eigenvalue weighted by Crippen LogP contribution is -2.24. The summed E-state index contributed by atoms with van der Waals surface area (Å²) >= 11 is 0. The highest BCUT2D eigenvalue weighted by Gasteiger charge is 2.07. The first kappa shape index (κ1) is 14.1. The first-order chi connectivity index (χ1) is 9.60. The molecule has 0 aliphatic carbocycles. The highest BCUT2D eigenvalue weighted by Crippen LogP contribution is 2.19. The maximum atomic E-state index is 11.9. The molecule has 0 aliphatic rings. The molecule has 0 atom stereocenters. The summed E-state index contributed by atoms with van der Waals surface area (Å²) in [6, 6.07) is 5.81. The molecule has 2 aromatic rings. The number of rotatable bonds is 5. The van der Waals surface area contributed by atoms with Gasteiger partial charge in [0.25, 0.3) is 0 Å². The molecular formula is C15H19N3O2. The Hall–Kier alpha value is -2.30. The Balaban J connectivity index is 1.93. The minimum absolute atomic E-state index is 0.0171. The van der Waals surface area contributed by atoms with Gasteiger partial charge in [-0.05, 0) is 31.0 Å². The Kier molecular flexibility index (Phi) is 4.40. The molecule has 106 valence electrons. The number of benzene rings is 1. The summed E-state index contributed by atoms with van der Waals surface area (Å²) in [7, 11) is 1.63. The molecule has 1 aromatic carbocycles. The second-order valence-electron chi connectivity index (χ2n) is 4.78. The molecule has 1 aromatic heterocycles. The number of methoxy groups -OCH3 is 1. The predicted molar refractivity (Wildman–Crippen MR) is 76.6 cm³/mol. The molecule has 0 bridgehead atoms. The maximum Gasteiger partial charge on any atom is 0.224 e. The second-order valence-corrected chi connectivity index (χ2v) is 4.78. The highest BCUT2D eigenvalue weighted by atomic mass is 16.5. The number of aromatic nitrogens is 2. The zero-order chi connectivity index (χ0) is 14.5. The van der Waals surface area contributed by atoms with Gasteiger partial charge >= 0.3 is 0 Å². The molecule has 0 fully saturated rings. The lowest BCUT2D eigenvalue weighted by Gasteiger charge is -2.08. The molecule has 0 saturated heterocycles. The molecule has 0 saturated carbocycles. The number of carbonyl (C=O) groups excluding carboxylic acids is 1. The molecule has 0 radical (unpaired) electrons. The van der Waals surface area contributed by atoms with E-state index in [2.05, 4.69) is 15.5 Å². The monoisotopic (exact) mass is 273 g/mol. The Morgan fingerprint density at radius 1 is 1.40 bits per heavy atom. The number of hydrogen-bond donors (Lipinski definition) is 2. The summed E-state index contributed by atoms with van der Waals surface area (Å²) in [5.41, 5.74) is 3.97. The molecular weight excluding hydrogens is 254 g/mol. The zero-order valence-electron chi connectivity index (χ0n) is 12.0. The number of hydrogen-bond acceptors (Lipinski definition) is 3. The van der Waals surface area contributed by atoms with Crippen LogP contribution < -0.4 is 10.1 Å². The minimum Gasteiger partial charge on any atom is -0.496 e. The van der Waals surface area contributed by atoms with E-state index in [4.69, 9.17) is 4.74 Å². The third kappa shape index (κ3) is 3.38. The van der Waals surface area contributed by atoms with Crippen molar-refractivity contribution in [2.45, 2.75) is 26.8 Å². The van der Waals surface area contributed by atoms with Crippen molar-refractivity contribution < 1.29 is 9.53 Å². The minimum atomic E-state index is -0.0171. The van der Waals surface area contributed by atoms with Crippen molar-refractivity contribution in [3.8, 4) is 5.75 Å². The van der Waals surface area contributed by atoms with Gasteiger partial charge in [0.2, 0.25) is 5.91 Å². The molecule has 2 N–H and O–H groups in total. The largest absolute Gasteiger partial charge is 0.496 e. The van der Waals surface area contributed by atoms with Crippen LogP contribution >= 0.6 is 0 Å². The van der Waals surface area contributed by atoms with Crippen molar-refractivity contribution in [3.05, 3.63) is 46.8 Å². The normalized spacial score (nSPS) is 10.3. The molecule has 20 heavy (non-hydrogen) atoms. The number of aryl methyl sites for hydroxylation is 2. The van der Waals surface area contributed by atoms with Crippen LogP contribution in [0.3, 0.4) is 0 Å². The van der Waals surface area contributed by atoms with Crippen molar-refractivity contribution in [3.63, 3.8) is 0 Å². The topological polar surface area (TPSA) is 67.0 Å². The average Bonchev–Trinajstić information content (AvgIpc) is 2.84. The molecule has 2 rings (SSSR count). The standard InChI is InChI=1S/C15H19N3O2/c1-10-4-5-12(6-14(10)20-3)7-15(19)16-8-13-9-17-18-11(13)2/h4-6,9H,7-8H2,1-3H3,(H,16,19)(H,17,18). The van der Waals surface area contributed by atoms with Crippen LogP contribution in [0.5, 0.6) is 5.75 Å². The van der Waals surface area contributed by atoms with Gasteiger partial charge in [0.15, 0.2) is 0 Å². The smallest absolute Gasteiger partial charge is 0.224 e. The number of nitrogens with one attached hydrogen (secondary N) is 2. The summed E-state index contributed by atoms with van der Waals surface area (Å²) in [6.45, 7) is 4.40. The Bertz CT molecular complexity index is 605. The highest BCUT2D eigenvalue weighted by molar-refractivity contribution is 5.78. The van der Waals surface area contributed by atoms with E-state index in [0.29, 0.717) is 13.0 Å². The van der Waals surface area contributed by atoms with Gasteiger partial charge in [0.05, 0.1) is 19.7 Å². The molecule has 5 nitrogen and oxygen atoms in total. The van der Waals surface area contributed by atoms with Crippen LogP contribution in [0.2, 0.25) is 0 Å². The van der Waals surface area contributed by atoms with E-state index in [1.54, 1.807) is 13.3 Å². The quantitative estimate of drug-likeness (QED) is 0.874. The van der Waals surface area contributed by atoms with Gasteiger partial charge in [-0.3, -0.25) is 9.89 Å². The fourth-order valence-electron chi connectivity index (χ4n) is 1.97. The fourth-order valence-corrected chi connectivity index (χ4v) is 1.97. The van der Waals surface area contributed by atoms with Gasteiger partial charge in [0, 0.05) is 17.8 Å². The lowest BCUT2D eigenvalue weighted by atomic mass is 10.1. The van der Waals surface area contributed by atoms with Crippen molar-refractivity contribution in [1.82, 2.24) is 15.5 Å². The van der Waals surface area contributed by atoms with Gasteiger partial charge in [-0.1, -0.05) is 12.1 Å². The van der Waals surface area contributed by atoms with Crippen LogP contribution in [0.25, 0.3) is 0 Å². The molecule has 5 heteroatoms. The van der Waals surface area contributed by atoms with Crippen LogP contribution in [0.4, 0.5) is 0 Å². The second kappa shape index (κ2) is 6.23. The van der Waals surface area contributed by atoms with E-state index >= 15 is 0 Å². The van der Waals surface area contributed by atoms with Gasteiger partial charge in [0.1, 0.15) is 5.75 Å². The van der Waals surface area contributed by atoms with Crippen molar-refractivity contribution in [1.29, 1.82) is 0 Å². The summed E-state index contributed by atoms with van der Waals surface area (Å²) in [5.74, 6) is 0.789. The van der Waals surface area contributed by atoms with Crippen molar-refractivity contribution in [2.24, 2.45) is 0 Å². The predicted octanol–water partition coefficient (Wildman–Crippen LogP) is 1.89. The van der Waals surface area contributed by atoms with E-state index < -0.39 is 0 Å².